The van der Waals surface area contributed by atoms with Crippen LogP contribution >= 0.6 is 0 Å². The van der Waals surface area contributed by atoms with E-state index in [1.54, 1.807) is 24.3 Å². The van der Waals surface area contributed by atoms with Crippen LogP contribution in [0, 0.1) is 17.2 Å². The molecule has 0 aliphatic heterocycles. The minimum absolute atomic E-state index is 0.0933. The standard InChI is InChI=1S/C17H24N2O/c1-14(2)8-5-3-4-6-11-19-17(20)16-10-7-9-15(12-16)13-18/h7,9-10,12,14H,3-6,8,11H2,1-2H3,(H,19,20). The summed E-state index contributed by atoms with van der Waals surface area (Å²) in [6.07, 6.45) is 5.97. The van der Waals surface area contributed by atoms with Crippen molar-refractivity contribution in [3.63, 3.8) is 0 Å². The van der Waals surface area contributed by atoms with Crippen LogP contribution in [0.2, 0.25) is 0 Å². The van der Waals surface area contributed by atoms with Crippen LogP contribution in [-0.2, 0) is 0 Å². The fourth-order valence-electron chi connectivity index (χ4n) is 2.07. The zero-order valence-corrected chi connectivity index (χ0v) is 12.5. The molecule has 0 spiro atoms. The lowest BCUT2D eigenvalue weighted by Gasteiger charge is -2.06. The quantitative estimate of drug-likeness (QED) is 0.730. The molecule has 0 unspecified atom stereocenters. The lowest BCUT2D eigenvalue weighted by atomic mass is 10.0. The van der Waals surface area contributed by atoms with E-state index in [1.165, 1.54) is 19.3 Å². The largest absolute Gasteiger partial charge is 0.352 e. The zero-order chi connectivity index (χ0) is 14.8. The molecular formula is C17H24N2O. The van der Waals surface area contributed by atoms with Gasteiger partial charge in [0.25, 0.3) is 5.91 Å². The minimum Gasteiger partial charge on any atom is -0.352 e. The highest BCUT2D eigenvalue weighted by molar-refractivity contribution is 5.94. The Morgan fingerprint density at radius 1 is 1.25 bits per heavy atom. The van der Waals surface area contributed by atoms with Crippen molar-refractivity contribution in [2.45, 2.75) is 46.0 Å². The monoisotopic (exact) mass is 272 g/mol. The number of hydrogen-bond donors (Lipinski definition) is 1. The first-order chi connectivity index (χ1) is 9.63. The van der Waals surface area contributed by atoms with Gasteiger partial charge in [0, 0.05) is 12.1 Å². The SMILES string of the molecule is CC(C)CCCCCCNC(=O)c1cccc(C#N)c1. The number of rotatable bonds is 8. The number of hydrogen-bond acceptors (Lipinski definition) is 2. The van der Waals surface area contributed by atoms with Crippen molar-refractivity contribution in [3.8, 4) is 6.07 Å². The summed E-state index contributed by atoms with van der Waals surface area (Å²) < 4.78 is 0. The van der Waals surface area contributed by atoms with Crippen molar-refractivity contribution in [1.82, 2.24) is 5.32 Å². The number of benzene rings is 1. The molecule has 3 heteroatoms. The van der Waals surface area contributed by atoms with Crippen LogP contribution in [0.1, 0.15) is 61.9 Å². The maximum absolute atomic E-state index is 11.9. The Balaban J connectivity index is 2.18. The third-order valence-corrected chi connectivity index (χ3v) is 3.25. The third kappa shape index (κ3) is 6.38. The van der Waals surface area contributed by atoms with Crippen molar-refractivity contribution in [2.75, 3.05) is 6.54 Å². The average molecular weight is 272 g/mol. The number of amides is 1. The second-order valence-electron chi connectivity index (χ2n) is 5.55. The fourth-order valence-corrected chi connectivity index (χ4v) is 2.07. The van der Waals surface area contributed by atoms with Gasteiger partial charge in [0.05, 0.1) is 11.6 Å². The van der Waals surface area contributed by atoms with Gasteiger partial charge in [0.15, 0.2) is 0 Å². The molecule has 0 aliphatic rings. The molecule has 0 radical (unpaired) electrons. The number of nitriles is 1. The van der Waals surface area contributed by atoms with Gasteiger partial charge in [-0.25, -0.2) is 0 Å². The summed E-state index contributed by atoms with van der Waals surface area (Å²) in [7, 11) is 0. The lowest BCUT2D eigenvalue weighted by Crippen LogP contribution is -2.24. The maximum atomic E-state index is 11.9. The summed E-state index contributed by atoms with van der Waals surface area (Å²) in [4.78, 5) is 11.9. The second kappa shape index (κ2) is 9.14. The summed E-state index contributed by atoms with van der Waals surface area (Å²) in [5, 5.41) is 11.7. The molecule has 0 heterocycles. The molecule has 108 valence electrons. The van der Waals surface area contributed by atoms with Crippen LogP contribution < -0.4 is 5.32 Å². The molecule has 1 amide bonds. The van der Waals surface area contributed by atoms with E-state index < -0.39 is 0 Å². The molecule has 1 aromatic carbocycles. The van der Waals surface area contributed by atoms with E-state index in [4.69, 9.17) is 5.26 Å². The normalized spacial score (nSPS) is 10.3. The number of nitrogens with one attached hydrogen (secondary N) is 1. The Morgan fingerprint density at radius 3 is 2.70 bits per heavy atom. The van der Waals surface area contributed by atoms with Crippen molar-refractivity contribution in [2.24, 2.45) is 5.92 Å². The molecule has 0 aliphatic carbocycles. The molecule has 20 heavy (non-hydrogen) atoms. The van der Waals surface area contributed by atoms with Gasteiger partial charge >= 0.3 is 0 Å². The number of carbonyl (C=O) groups is 1. The first-order valence-corrected chi connectivity index (χ1v) is 7.42. The molecular weight excluding hydrogens is 248 g/mol. The van der Waals surface area contributed by atoms with Crippen molar-refractivity contribution in [3.05, 3.63) is 35.4 Å². The second-order valence-corrected chi connectivity index (χ2v) is 5.55. The first kappa shape index (κ1) is 16.2. The third-order valence-electron chi connectivity index (χ3n) is 3.25. The van der Waals surface area contributed by atoms with Gasteiger partial charge in [0.1, 0.15) is 0 Å². The van der Waals surface area contributed by atoms with Crippen LogP contribution in [-0.4, -0.2) is 12.5 Å². The Bertz CT molecular complexity index is 460. The highest BCUT2D eigenvalue weighted by Gasteiger charge is 2.05. The molecule has 0 atom stereocenters. The van der Waals surface area contributed by atoms with Gasteiger partial charge in [-0.2, -0.15) is 5.26 Å². The maximum Gasteiger partial charge on any atom is 0.251 e. The molecule has 0 saturated heterocycles. The molecule has 1 aromatic rings. The van der Waals surface area contributed by atoms with Crippen LogP contribution in [0.15, 0.2) is 24.3 Å². The van der Waals surface area contributed by atoms with Gasteiger partial charge in [-0.05, 0) is 30.5 Å². The summed E-state index contributed by atoms with van der Waals surface area (Å²) in [5.41, 5.74) is 1.08. The van der Waals surface area contributed by atoms with E-state index >= 15 is 0 Å². The van der Waals surface area contributed by atoms with Crippen LogP contribution in [0.4, 0.5) is 0 Å². The van der Waals surface area contributed by atoms with E-state index in [9.17, 15) is 4.79 Å². The highest BCUT2D eigenvalue weighted by Crippen LogP contribution is 2.09. The summed E-state index contributed by atoms with van der Waals surface area (Å²) >= 11 is 0. The van der Waals surface area contributed by atoms with Gasteiger partial charge < -0.3 is 5.32 Å². The number of carbonyl (C=O) groups excluding carboxylic acids is 1. The van der Waals surface area contributed by atoms with E-state index in [1.807, 2.05) is 6.07 Å². The Labute approximate surface area is 122 Å². The molecule has 0 fully saturated rings. The summed E-state index contributed by atoms with van der Waals surface area (Å²) in [6.45, 7) is 5.20. The van der Waals surface area contributed by atoms with Gasteiger partial charge in [-0.15, -0.1) is 0 Å². The topological polar surface area (TPSA) is 52.9 Å². The molecule has 0 bridgehead atoms. The van der Waals surface area contributed by atoms with Gasteiger partial charge in [-0.1, -0.05) is 45.6 Å². The van der Waals surface area contributed by atoms with E-state index in [0.717, 1.165) is 18.8 Å². The summed E-state index contributed by atoms with van der Waals surface area (Å²) in [5.74, 6) is 0.686. The molecule has 3 nitrogen and oxygen atoms in total. The van der Waals surface area contributed by atoms with Crippen molar-refractivity contribution in [1.29, 1.82) is 5.26 Å². The number of unbranched alkanes of at least 4 members (excludes halogenated alkanes) is 3. The van der Waals surface area contributed by atoms with E-state index in [2.05, 4.69) is 19.2 Å². The smallest absolute Gasteiger partial charge is 0.251 e. The lowest BCUT2D eigenvalue weighted by molar-refractivity contribution is 0.0953. The van der Waals surface area contributed by atoms with E-state index in [-0.39, 0.29) is 5.91 Å². The molecule has 1 N–H and O–H groups in total. The summed E-state index contributed by atoms with van der Waals surface area (Å²) in [6, 6.07) is 8.84. The van der Waals surface area contributed by atoms with Gasteiger partial charge in [0.2, 0.25) is 0 Å². The fraction of sp³-hybridized carbons (Fsp3) is 0.529. The van der Waals surface area contributed by atoms with Crippen LogP contribution in [0.25, 0.3) is 0 Å². The Morgan fingerprint density at radius 2 is 2.00 bits per heavy atom. The van der Waals surface area contributed by atoms with Crippen molar-refractivity contribution < 1.29 is 4.79 Å². The molecule has 1 rings (SSSR count). The van der Waals surface area contributed by atoms with Gasteiger partial charge in [-0.3, -0.25) is 4.79 Å². The van der Waals surface area contributed by atoms with Crippen LogP contribution in [0.3, 0.4) is 0 Å². The minimum atomic E-state index is -0.0933. The first-order valence-electron chi connectivity index (χ1n) is 7.42. The van der Waals surface area contributed by atoms with Crippen LogP contribution in [0.5, 0.6) is 0 Å². The zero-order valence-electron chi connectivity index (χ0n) is 12.5. The predicted molar refractivity (Wildman–Crippen MR) is 81.4 cm³/mol. The number of nitrogens with zero attached hydrogens (tertiary/aromatic N) is 1. The van der Waals surface area contributed by atoms with Crippen molar-refractivity contribution >= 4 is 5.91 Å². The Hall–Kier alpha value is -1.82. The average Bonchev–Trinajstić information content (AvgIpc) is 2.45. The van der Waals surface area contributed by atoms with E-state index in [0.29, 0.717) is 17.7 Å². The predicted octanol–water partition coefficient (Wildman–Crippen LogP) is 3.89. The molecule has 0 aromatic heterocycles. The highest BCUT2D eigenvalue weighted by atomic mass is 16.1. The Kier molecular flexibility index (Phi) is 7.42. The molecule has 0 saturated carbocycles.